The highest BCUT2D eigenvalue weighted by atomic mass is 16.6. The van der Waals surface area contributed by atoms with Crippen molar-refractivity contribution in [3.8, 4) is 28.4 Å². The first-order chi connectivity index (χ1) is 17.9. The standard InChI is InChI=1S/C28H30N4O5/c1-5-35-24-10-17(4)31-27(33)20(24)14-29-28(34)22-12-19(11-21-26(16(2)3)30-15-32(21)22)18-6-7-23-25(13-18)37-9-8-36-23/h6-7,10-13,15-16H,5,8-9,14H2,1-4H3,(H,29,34)(H,31,33). The van der Waals surface area contributed by atoms with Crippen LogP contribution in [-0.4, -0.2) is 40.1 Å². The maximum absolute atomic E-state index is 13.5. The van der Waals surface area contributed by atoms with Crippen LogP contribution < -0.4 is 25.1 Å². The van der Waals surface area contributed by atoms with E-state index in [1.54, 1.807) is 23.7 Å². The number of aromatic amines is 1. The normalized spacial score (nSPS) is 12.7. The van der Waals surface area contributed by atoms with Gasteiger partial charge in [0.15, 0.2) is 11.5 Å². The van der Waals surface area contributed by atoms with Crippen LogP contribution in [0.25, 0.3) is 16.6 Å². The number of ether oxygens (including phenoxy) is 3. The molecular formula is C28H30N4O5. The number of aryl methyl sites for hydroxylation is 1. The molecule has 0 atom stereocenters. The lowest BCUT2D eigenvalue weighted by Gasteiger charge is -2.19. The predicted molar refractivity (Wildman–Crippen MR) is 140 cm³/mol. The van der Waals surface area contributed by atoms with Gasteiger partial charge in [-0.1, -0.05) is 19.9 Å². The number of rotatable bonds is 7. The Morgan fingerprint density at radius 1 is 1.14 bits per heavy atom. The second kappa shape index (κ2) is 10.0. The molecule has 0 unspecified atom stereocenters. The van der Waals surface area contributed by atoms with Gasteiger partial charge in [-0.3, -0.25) is 14.0 Å². The summed E-state index contributed by atoms with van der Waals surface area (Å²) in [7, 11) is 0. The van der Waals surface area contributed by atoms with Crippen LogP contribution in [0.1, 0.15) is 54.1 Å². The quantitative estimate of drug-likeness (QED) is 0.392. The molecule has 37 heavy (non-hydrogen) atoms. The van der Waals surface area contributed by atoms with Gasteiger partial charge in [-0.15, -0.1) is 0 Å². The fraction of sp³-hybridized carbons (Fsp3) is 0.321. The third-order valence-corrected chi connectivity index (χ3v) is 6.29. The Kier molecular flexibility index (Phi) is 6.60. The van der Waals surface area contributed by atoms with Gasteiger partial charge in [0.25, 0.3) is 11.5 Å². The molecule has 1 aromatic carbocycles. The number of aromatic nitrogens is 3. The van der Waals surface area contributed by atoms with Crippen molar-refractivity contribution in [1.82, 2.24) is 19.7 Å². The minimum Gasteiger partial charge on any atom is -0.493 e. The molecule has 0 saturated carbocycles. The average molecular weight is 503 g/mol. The number of imidazole rings is 1. The number of carbonyl (C=O) groups is 1. The summed E-state index contributed by atoms with van der Waals surface area (Å²) < 4.78 is 18.9. The van der Waals surface area contributed by atoms with Crippen LogP contribution in [0.3, 0.4) is 0 Å². The number of amides is 1. The summed E-state index contributed by atoms with van der Waals surface area (Å²) >= 11 is 0. The van der Waals surface area contributed by atoms with Crippen LogP contribution in [-0.2, 0) is 6.54 Å². The lowest BCUT2D eigenvalue weighted by atomic mass is 10.0. The van der Waals surface area contributed by atoms with Gasteiger partial charge in [0.2, 0.25) is 0 Å². The monoisotopic (exact) mass is 502 g/mol. The Labute approximate surface area is 214 Å². The van der Waals surface area contributed by atoms with Gasteiger partial charge in [0, 0.05) is 5.69 Å². The zero-order valence-electron chi connectivity index (χ0n) is 21.4. The zero-order chi connectivity index (χ0) is 26.1. The summed E-state index contributed by atoms with van der Waals surface area (Å²) in [5.41, 5.74) is 4.65. The summed E-state index contributed by atoms with van der Waals surface area (Å²) in [6.45, 7) is 9.22. The van der Waals surface area contributed by atoms with Crippen molar-refractivity contribution in [2.75, 3.05) is 19.8 Å². The van der Waals surface area contributed by atoms with E-state index >= 15 is 0 Å². The van der Waals surface area contributed by atoms with Gasteiger partial charge in [0.1, 0.15) is 31.0 Å². The molecule has 1 amide bonds. The van der Waals surface area contributed by atoms with Gasteiger partial charge >= 0.3 is 0 Å². The number of fused-ring (bicyclic) bond motifs is 2. The van der Waals surface area contributed by atoms with Crippen LogP contribution in [0.2, 0.25) is 0 Å². The van der Waals surface area contributed by atoms with Crippen LogP contribution in [0.4, 0.5) is 0 Å². The highest BCUT2D eigenvalue weighted by Crippen LogP contribution is 2.36. The maximum Gasteiger partial charge on any atom is 0.268 e. The Hall–Kier alpha value is -4.27. The molecule has 3 aromatic heterocycles. The summed E-state index contributed by atoms with van der Waals surface area (Å²) in [5, 5.41) is 2.90. The fourth-order valence-electron chi connectivity index (χ4n) is 4.52. The molecule has 0 radical (unpaired) electrons. The number of hydrogen-bond donors (Lipinski definition) is 2. The topological polar surface area (TPSA) is 107 Å². The first-order valence-corrected chi connectivity index (χ1v) is 12.4. The zero-order valence-corrected chi connectivity index (χ0v) is 21.4. The molecule has 4 aromatic rings. The number of carbonyl (C=O) groups excluding carboxylic acids is 1. The van der Waals surface area contributed by atoms with E-state index < -0.39 is 0 Å². The molecule has 1 aliphatic heterocycles. The van der Waals surface area contributed by atoms with E-state index in [-0.39, 0.29) is 23.9 Å². The van der Waals surface area contributed by atoms with E-state index in [1.165, 1.54) is 0 Å². The average Bonchev–Trinajstić information content (AvgIpc) is 3.32. The van der Waals surface area contributed by atoms with Crippen molar-refractivity contribution in [2.45, 2.75) is 40.2 Å². The summed E-state index contributed by atoms with van der Waals surface area (Å²) in [6.07, 6.45) is 1.66. The smallest absolute Gasteiger partial charge is 0.268 e. The molecule has 2 N–H and O–H groups in total. The molecule has 0 spiro atoms. The molecule has 0 saturated heterocycles. The largest absolute Gasteiger partial charge is 0.493 e. The SMILES string of the molecule is CCOc1cc(C)[nH]c(=O)c1CNC(=O)c1cc(-c2ccc3c(c2)OCCO3)cc2c(C(C)C)ncn12. The van der Waals surface area contributed by atoms with Gasteiger partial charge in [-0.2, -0.15) is 0 Å². The van der Waals surface area contributed by atoms with Gasteiger partial charge in [-0.25, -0.2) is 4.98 Å². The van der Waals surface area contributed by atoms with E-state index in [0.29, 0.717) is 54.0 Å². The lowest BCUT2D eigenvalue weighted by molar-refractivity contribution is 0.0944. The van der Waals surface area contributed by atoms with Gasteiger partial charge < -0.3 is 24.5 Å². The molecule has 4 heterocycles. The Morgan fingerprint density at radius 3 is 2.68 bits per heavy atom. The Bertz CT molecular complexity index is 1540. The minimum atomic E-state index is -0.334. The number of H-pyrrole nitrogens is 1. The molecule has 9 nitrogen and oxygen atoms in total. The van der Waals surface area contributed by atoms with Crippen molar-refractivity contribution in [3.63, 3.8) is 0 Å². The second-order valence-corrected chi connectivity index (χ2v) is 9.27. The van der Waals surface area contributed by atoms with Crippen LogP contribution in [0, 0.1) is 6.92 Å². The van der Waals surface area contributed by atoms with Crippen molar-refractivity contribution in [2.24, 2.45) is 0 Å². The second-order valence-electron chi connectivity index (χ2n) is 9.27. The third-order valence-electron chi connectivity index (χ3n) is 6.29. The van der Waals surface area contributed by atoms with Gasteiger partial charge in [0.05, 0.1) is 29.9 Å². The first-order valence-electron chi connectivity index (χ1n) is 12.4. The molecule has 5 rings (SSSR count). The molecule has 0 bridgehead atoms. The molecular weight excluding hydrogens is 472 g/mol. The number of nitrogens with zero attached hydrogens (tertiary/aromatic N) is 2. The predicted octanol–water partition coefficient (Wildman–Crippen LogP) is 4.22. The van der Waals surface area contributed by atoms with Crippen molar-refractivity contribution >= 4 is 11.4 Å². The van der Waals surface area contributed by atoms with Crippen LogP contribution in [0.15, 0.2) is 47.5 Å². The third kappa shape index (κ3) is 4.76. The Balaban J connectivity index is 1.54. The molecule has 9 heteroatoms. The van der Waals surface area contributed by atoms with Crippen molar-refractivity contribution in [1.29, 1.82) is 0 Å². The molecule has 1 aliphatic rings. The van der Waals surface area contributed by atoms with E-state index in [2.05, 4.69) is 29.1 Å². The summed E-state index contributed by atoms with van der Waals surface area (Å²) in [5.74, 6) is 1.67. The number of hydrogen-bond acceptors (Lipinski definition) is 6. The Morgan fingerprint density at radius 2 is 1.92 bits per heavy atom. The number of pyridine rings is 2. The number of benzene rings is 1. The van der Waals surface area contributed by atoms with E-state index in [4.69, 9.17) is 14.2 Å². The molecule has 0 aliphatic carbocycles. The van der Waals surface area contributed by atoms with Crippen molar-refractivity contribution in [3.05, 3.63) is 75.7 Å². The molecule has 192 valence electrons. The van der Waals surface area contributed by atoms with Crippen LogP contribution in [0.5, 0.6) is 17.2 Å². The van der Waals surface area contributed by atoms with Crippen LogP contribution >= 0.6 is 0 Å². The first kappa shape index (κ1) is 24.4. The summed E-state index contributed by atoms with van der Waals surface area (Å²) in [4.78, 5) is 33.5. The van der Waals surface area contributed by atoms with E-state index in [0.717, 1.165) is 22.3 Å². The fourth-order valence-corrected chi connectivity index (χ4v) is 4.52. The van der Waals surface area contributed by atoms with E-state index in [1.807, 2.05) is 37.3 Å². The highest BCUT2D eigenvalue weighted by Gasteiger charge is 2.20. The maximum atomic E-state index is 13.5. The summed E-state index contributed by atoms with van der Waals surface area (Å²) in [6, 6.07) is 11.4. The lowest BCUT2D eigenvalue weighted by Crippen LogP contribution is -2.29. The van der Waals surface area contributed by atoms with Crippen molar-refractivity contribution < 1.29 is 19.0 Å². The minimum absolute atomic E-state index is 0.0191. The van der Waals surface area contributed by atoms with E-state index in [9.17, 15) is 9.59 Å². The highest BCUT2D eigenvalue weighted by molar-refractivity contribution is 5.95. The molecule has 0 fully saturated rings. The van der Waals surface area contributed by atoms with Gasteiger partial charge in [-0.05, 0) is 61.2 Å². The number of nitrogens with one attached hydrogen (secondary N) is 2.